The zero-order chi connectivity index (χ0) is 12.1. The number of carbonyl (C=O) groups is 1. The van der Waals surface area contributed by atoms with Gasteiger partial charge in [0.1, 0.15) is 6.61 Å². The maximum absolute atomic E-state index is 11.3. The molecule has 4 heteroatoms. The average molecular weight is 234 g/mol. The predicted molar refractivity (Wildman–Crippen MR) is 65.6 cm³/mol. The van der Waals surface area contributed by atoms with Crippen LogP contribution in [0.4, 0.5) is 4.79 Å². The van der Waals surface area contributed by atoms with Crippen molar-refractivity contribution in [3.8, 4) is 0 Å². The molecular weight excluding hydrogens is 216 g/mol. The minimum atomic E-state index is -0.351. The van der Waals surface area contributed by atoms with E-state index in [9.17, 15) is 4.79 Å². The molecule has 1 unspecified atom stereocenters. The first kappa shape index (κ1) is 11.9. The Morgan fingerprint density at radius 1 is 1.41 bits per heavy atom. The molecule has 1 saturated carbocycles. The van der Waals surface area contributed by atoms with Gasteiger partial charge in [-0.1, -0.05) is 30.3 Å². The van der Waals surface area contributed by atoms with Gasteiger partial charge < -0.3 is 15.8 Å². The van der Waals surface area contributed by atoms with Crippen LogP contribution in [0.25, 0.3) is 0 Å². The van der Waals surface area contributed by atoms with Crippen LogP contribution in [0.1, 0.15) is 18.4 Å². The molecule has 3 N–H and O–H groups in total. The molecule has 1 aliphatic rings. The Hall–Kier alpha value is -1.55. The quantitative estimate of drug-likeness (QED) is 0.810. The fraction of sp³-hybridized carbons (Fsp3) is 0.462. The average Bonchev–Trinajstić information content (AvgIpc) is 3.12. The molecule has 0 bridgehead atoms. The second-order valence-corrected chi connectivity index (χ2v) is 4.47. The molecular formula is C13H18N2O2. The van der Waals surface area contributed by atoms with Gasteiger partial charge in [0.2, 0.25) is 0 Å². The van der Waals surface area contributed by atoms with Gasteiger partial charge in [-0.05, 0) is 24.8 Å². The number of rotatable bonds is 5. The zero-order valence-electron chi connectivity index (χ0n) is 9.76. The topological polar surface area (TPSA) is 64.3 Å². The van der Waals surface area contributed by atoms with Gasteiger partial charge in [-0.3, -0.25) is 0 Å². The molecule has 0 aromatic heterocycles. The lowest BCUT2D eigenvalue weighted by Crippen LogP contribution is -2.34. The Kier molecular flexibility index (Phi) is 3.98. The minimum Gasteiger partial charge on any atom is -0.448 e. The van der Waals surface area contributed by atoms with E-state index in [2.05, 4.69) is 5.32 Å². The molecule has 2 rings (SSSR count). The Morgan fingerprint density at radius 2 is 2.12 bits per heavy atom. The van der Waals surface area contributed by atoms with Crippen LogP contribution in [0, 0.1) is 0 Å². The molecule has 1 atom stereocenters. The minimum absolute atomic E-state index is 0.151. The van der Waals surface area contributed by atoms with Crippen molar-refractivity contribution in [2.45, 2.75) is 31.3 Å². The summed E-state index contributed by atoms with van der Waals surface area (Å²) < 4.78 is 5.05. The summed E-state index contributed by atoms with van der Waals surface area (Å²) in [7, 11) is 0. The lowest BCUT2D eigenvalue weighted by atomic mass is 10.1. The maximum atomic E-state index is 11.3. The van der Waals surface area contributed by atoms with E-state index in [0.717, 1.165) is 24.8 Å². The molecule has 1 amide bonds. The summed E-state index contributed by atoms with van der Waals surface area (Å²) in [4.78, 5) is 11.3. The number of carbonyl (C=O) groups excluding carboxylic acids is 1. The fourth-order valence-electron chi connectivity index (χ4n) is 1.59. The SMILES string of the molecule is NC(COC(=O)NC1CC1)Cc1ccccc1. The summed E-state index contributed by atoms with van der Waals surface area (Å²) >= 11 is 0. The molecule has 17 heavy (non-hydrogen) atoms. The monoisotopic (exact) mass is 234 g/mol. The summed E-state index contributed by atoms with van der Waals surface area (Å²) in [5.74, 6) is 0. The fourth-order valence-corrected chi connectivity index (χ4v) is 1.59. The van der Waals surface area contributed by atoms with Gasteiger partial charge in [0.15, 0.2) is 0 Å². The summed E-state index contributed by atoms with van der Waals surface area (Å²) in [6.45, 7) is 0.257. The van der Waals surface area contributed by atoms with Crippen molar-refractivity contribution in [2.24, 2.45) is 5.73 Å². The third-order valence-electron chi connectivity index (χ3n) is 2.67. The van der Waals surface area contributed by atoms with Crippen LogP contribution in [-0.2, 0) is 11.2 Å². The lowest BCUT2D eigenvalue weighted by Gasteiger charge is -2.12. The van der Waals surface area contributed by atoms with E-state index in [4.69, 9.17) is 10.5 Å². The van der Waals surface area contributed by atoms with Gasteiger partial charge in [-0.2, -0.15) is 0 Å². The molecule has 1 aliphatic carbocycles. The van der Waals surface area contributed by atoms with Crippen molar-refractivity contribution in [3.05, 3.63) is 35.9 Å². The van der Waals surface area contributed by atoms with Crippen LogP contribution in [0.3, 0.4) is 0 Å². The highest BCUT2D eigenvalue weighted by Crippen LogP contribution is 2.18. The Bertz CT molecular complexity index is 363. The Morgan fingerprint density at radius 3 is 2.76 bits per heavy atom. The molecule has 0 spiro atoms. The number of benzene rings is 1. The largest absolute Gasteiger partial charge is 0.448 e. The van der Waals surface area contributed by atoms with Crippen molar-refractivity contribution in [2.75, 3.05) is 6.61 Å². The van der Waals surface area contributed by atoms with E-state index < -0.39 is 0 Å². The van der Waals surface area contributed by atoms with E-state index in [1.54, 1.807) is 0 Å². The molecule has 0 radical (unpaired) electrons. The molecule has 1 fully saturated rings. The number of ether oxygens (including phenoxy) is 1. The normalized spacial score (nSPS) is 16.3. The molecule has 92 valence electrons. The second-order valence-electron chi connectivity index (χ2n) is 4.47. The van der Waals surface area contributed by atoms with Crippen LogP contribution in [0.15, 0.2) is 30.3 Å². The number of amides is 1. The zero-order valence-corrected chi connectivity index (χ0v) is 9.76. The van der Waals surface area contributed by atoms with E-state index in [1.165, 1.54) is 0 Å². The number of alkyl carbamates (subject to hydrolysis) is 1. The summed E-state index contributed by atoms with van der Waals surface area (Å²) in [5, 5.41) is 2.76. The number of hydrogen-bond acceptors (Lipinski definition) is 3. The highest BCUT2D eigenvalue weighted by atomic mass is 16.5. The molecule has 0 saturated heterocycles. The van der Waals surface area contributed by atoms with Gasteiger partial charge in [0.05, 0.1) is 0 Å². The number of hydrogen-bond donors (Lipinski definition) is 2. The second kappa shape index (κ2) is 5.68. The van der Waals surface area contributed by atoms with Crippen molar-refractivity contribution < 1.29 is 9.53 Å². The van der Waals surface area contributed by atoms with Crippen LogP contribution in [-0.4, -0.2) is 24.8 Å². The van der Waals surface area contributed by atoms with Crippen LogP contribution < -0.4 is 11.1 Å². The van der Waals surface area contributed by atoms with Crippen molar-refractivity contribution >= 4 is 6.09 Å². The summed E-state index contributed by atoms with van der Waals surface area (Å²) in [6.07, 6.45) is 2.49. The van der Waals surface area contributed by atoms with E-state index in [0.29, 0.717) is 6.04 Å². The molecule has 1 aromatic carbocycles. The summed E-state index contributed by atoms with van der Waals surface area (Å²) in [6, 6.07) is 10.1. The highest BCUT2D eigenvalue weighted by molar-refractivity contribution is 5.68. The molecule has 0 heterocycles. The third-order valence-corrected chi connectivity index (χ3v) is 2.67. The molecule has 0 aliphatic heterocycles. The van der Waals surface area contributed by atoms with E-state index >= 15 is 0 Å². The van der Waals surface area contributed by atoms with E-state index in [-0.39, 0.29) is 18.7 Å². The smallest absolute Gasteiger partial charge is 0.407 e. The Labute approximate surface area is 101 Å². The van der Waals surface area contributed by atoms with E-state index in [1.807, 2.05) is 30.3 Å². The lowest BCUT2D eigenvalue weighted by molar-refractivity contribution is 0.138. The molecule has 1 aromatic rings. The predicted octanol–water partition coefficient (Wildman–Crippen LogP) is 1.44. The van der Waals surface area contributed by atoms with Gasteiger partial charge >= 0.3 is 6.09 Å². The Balaban J connectivity index is 1.66. The third kappa shape index (κ3) is 4.44. The van der Waals surface area contributed by atoms with Crippen molar-refractivity contribution in [3.63, 3.8) is 0 Å². The first-order valence-corrected chi connectivity index (χ1v) is 5.97. The van der Waals surface area contributed by atoms with Crippen LogP contribution in [0.5, 0.6) is 0 Å². The standard InChI is InChI=1S/C13H18N2O2/c14-11(8-10-4-2-1-3-5-10)9-17-13(16)15-12-6-7-12/h1-5,11-12H,6-9,14H2,(H,15,16). The van der Waals surface area contributed by atoms with Gasteiger partial charge in [0.25, 0.3) is 0 Å². The van der Waals surface area contributed by atoms with Crippen molar-refractivity contribution in [1.82, 2.24) is 5.32 Å². The number of nitrogens with one attached hydrogen (secondary N) is 1. The van der Waals surface area contributed by atoms with Gasteiger partial charge in [-0.15, -0.1) is 0 Å². The van der Waals surface area contributed by atoms with Crippen molar-refractivity contribution in [1.29, 1.82) is 0 Å². The van der Waals surface area contributed by atoms with Crippen LogP contribution in [0.2, 0.25) is 0 Å². The molecule has 4 nitrogen and oxygen atoms in total. The first-order chi connectivity index (χ1) is 8.24. The number of nitrogens with two attached hydrogens (primary N) is 1. The maximum Gasteiger partial charge on any atom is 0.407 e. The summed E-state index contributed by atoms with van der Waals surface area (Å²) in [5.41, 5.74) is 7.05. The van der Waals surface area contributed by atoms with Crippen LogP contribution >= 0.6 is 0 Å². The highest BCUT2D eigenvalue weighted by Gasteiger charge is 2.24. The van der Waals surface area contributed by atoms with Gasteiger partial charge in [0, 0.05) is 12.1 Å². The first-order valence-electron chi connectivity index (χ1n) is 5.97. The van der Waals surface area contributed by atoms with Gasteiger partial charge in [-0.25, -0.2) is 4.79 Å².